The van der Waals surface area contributed by atoms with E-state index in [4.69, 9.17) is 14.7 Å². The van der Waals surface area contributed by atoms with Crippen LogP contribution in [0.1, 0.15) is 67.5 Å². The van der Waals surface area contributed by atoms with Crippen LogP contribution in [0.25, 0.3) is 33.7 Å². The number of rotatable bonds is 7. The summed E-state index contributed by atoms with van der Waals surface area (Å²) < 4.78 is 8.23. The molecule has 6 rings (SSSR count). The smallest absolute Gasteiger partial charge is 0.205 e. The molecule has 0 unspecified atom stereocenters. The van der Waals surface area contributed by atoms with E-state index in [0.717, 1.165) is 64.2 Å². The molecule has 194 valence electrons. The number of methoxy groups -OCH3 is 1. The molecule has 0 spiro atoms. The van der Waals surface area contributed by atoms with Crippen LogP contribution in [0.3, 0.4) is 0 Å². The summed E-state index contributed by atoms with van der Waals surface area (Å²) in [5, 5.41) is 14.7. The molecule has 0 amide bonds. The number of nitrogens with one attached hydrogen (secondary N) is 1. The number of pyridine rings is 1. The predicted molar refractivity (Wildman–Crippen MR) is 148 cm³/mol. The number of hydrogen-bond donors (Lipinski definition) is 1. The lowest BCUT2D eigenvalue weighted by Crippen LogP contribution is -2.14. The van der Waals surface area contributed by atoms with Crippen LogP contribution in [0.15, 0.2) is 48.5 Å². The molecule has 3 heterocycles. The second kappa shape index (κ2) is 9.76. The number of imidazole rings is 1. The van der Waals surface area contributed by atoms with Gasteiger partial charge in [-0.3, -0.25) is 0 Å². The summed E-state index contributed by atoms with van der Waals surface area (Å²) in [6.45, 7) is 8.65. The van der Waals surface area contributed by atoms with Gasteiger partial charge in [0.15, 0.2) is 5.65 Å². The van der Waals surface area contributed by atoms with E-state index in [1.807, 2.05) is 12.1 Å². The highest BCUT2D eigenvalue weighted by Crippen LogP contribution is 2.41. The van der Waals surface area contributed by atoms with E-state index >= 15 is 0 Å². The number of fused-ring (bicyclic) bond motifs is 2. The molecule has 5 aromatic rings. The van der Waals surface area contributed by atoms with Crippen molar-refractivity contribution in [1.29, 1.82) is 0 Å². The van der Waals surface area contributed by atoms with Gasteiger partial charge in [0.2, 0.25) is 5.82 Å². The number of benzene rings is 2. The van der Waals surface area contributed by atoms with Crippen molar-refractivity contribution in [3.8, 4) is 22.5 Å². The van der Waals surface area contributed by atoms with Gasteiger partial charge in [0.25, 0.3) is 0 Å². The van der Waals surface area contributed by atoms with Crippen molar-refractivity contribution < 1.29 is 4.74 Å². The second-order valence-electron chi connectivity index (χ2n) is 10.4. The first-order valence-electron chi connectivity index (χ1n) is 13.4. The topological polar surface area (TPSA) is 94.4 Å². The summed E-state index contributed by atoms with van der Waals surface area (Å²) in [4.78, 5) is 10.2. The Bertz CT molecular complexity index is 1600. The Morgan fingerprint density at radius 1 is 1.08 bits per heavy atom. The van der Waals surface area contributed by atoms with E-state index in [1.54, 1.807) is 7.11 Å². The molecule has 8 nitrogen and oxygen atoms in total. The minimum atomic E-state index is -0.0516. The average Bonchev–Trinajstić information content (AvgIpc) is 3.67. The van der Waals surface area contributed by atoms with Crippen molar-refractivity contribution in [2.24, 2.45) is 5.92 Å². The maximum absolute atomic E-state index is 5.84. The number of tetrazole rings is 1. The van der Waals surface area contributed by atoms with Gasteiger partial charge in [0.05, 0.1) is 11.7 Å². The quantitative estimate of drug-likeness (QED) is 0.289. The molecular weight excluding hydrogens is 474 g/mol. The van der Waals surface area contributed by atoms with Crippen LogP contribution in [0, 0.1) is 12.8 Å². The van der Waals surface area contributed by atoms with E-state index in [9.17, 15) is 0 Å². The molecule has 1 aliphatic rings. The molecule has 1 aliphatic carbocycles. The van der Waals surface area contributed by atoms with Gasteiger partial charge in [0.1, 0.15) is 17.4 Å². The average molecular weight is 508 g/mol. The number of H-pyrrole nitrogens is 1. The Labute approximate surface area is 222 Å². The summed E-state index contributed by atoms with van der Waals surface area (Å²) in [5.41, 5.74) is 10.0. The molecule has 0 saturated heterocycles. The third kappa shape index (κ3) is 4.00. The van der Waals surface area contributed by atoms with Crippen LogP contribution >= 0.6 is 0 Å². The molecule has 2 aromatic carbocycles. The van der Waals surface area contributed by atoms with Crippen LogP contribution in [-0.4, -0.2) is 42.3 Å². The first-order valence-corrected chi connectivity index (χ1v) is 13.4. The van der Waals surface area contributed by atoms with Gasteiger partial charge in [-0.25, -0.2) is 9.97 Å². The summed E-state index contributed by atoms with van der Waals surface area (Å²) >= 11 is 0. The maximum Gasteiger partial charge on any atom is 0.205 e. The van der Waals surface area contributed by atoms with Crippen molar-refractivity contribution in [3.63, 3.8) is 0 Å². The molecular formula is C30H33N7O. The zero-order valence-electron chi connectivity index (χ0n) is 22.6. The number of aromatic nitrogens is 7. The van der Waals surface area contributed by atoms with Crippen LogP contribution in [0.5, 0.6) is 0 Å². The van der Waals surface area contributed by atoms with Gasteiger partial charge < -0.3 is 9.30 Å². The number of nitrogens with zero attached hydrogens (tertiary/aromatic N) is 6. The molecule has 1 N–H and O–H groups in total. The lowest BCUT2D eigenvalue weighted by atomic mass is 9.96. The van der Waals surface area contributed by atoms with E-state index in [0.29, 0.717) is 11.7 Å². The first kappa shape index (κ1) is 24.4. The van der Waals surface area contributed by atoms with Crippen LogP contribution < -0.4 is 0 Å². The Morgan fingerprint density at radius 3 is 2.61 bits per heavy atom. The van der Waals surface area contributed by atoms with Crippen LogP contribution in [0.4, 0.5) is 0 Å². The van der Waals surface area contributed by atoms with Gasteiger partial charge in [0, 0.05) is 19.1 Å². The minimum Gasteiger partial charge on any atom is -0.375 e. The summed E-state index contributed by atoms with van der Waals surface area (Å²) in [7, 11) is 1.77. The Balaban J connectivity index is 1.45. The molecule has 0 radical (unpaired) electrons. The third-order valence-corrected chi connectivity index (χ3v) is 7.72. The van der Waals surface area contributed by atoms with Crippen LogP contribution in [-0.2, 0) is 17.6 Å². The van der Waals surface area contributed by atoms with Crippen molar-refractivity contribution in [1.82, 2.24) is 35.2 Å². The largest absolute Gasteiger partial charge is 0.375 e. The minimum absolute atomic E-state index is 0.0516. The van der Waals surface area contributed by atoms with E-state index in [2.05, 4.69) is 89.3 Å². The number of aryl methyl sites for hydroxylation is 3. The van der Waals surface area contributed by atoms with Gasteiger partial charge in [-0.05, 0) is 64.8 Å². The zero-order valence-corrected chi connectivity index (χ0v) is 22.6. The second-order valence-corrected chi connectivity index (χ2v) is 10.4. The van der Waals surface area contributed by atoms with Crippen LogP contribution in [0.2, 0.25) is 0 Å². The normalized spacial score (nSPS) is 15.9. The highest BCUT2D eigenvalue weighted by molar-refractivity contribution is 5.81. The van der Waals surface area contributed by atoms with Gasteiger partial charge in [-0.1, -0.05) is 63.2 Å². The zero-order chi connectivity index (χ0) is 26.4. The Hall–Kier alpha value is -3.91. The SMILES string of the molecule is CCc1nc2c(C)cc([C@@H](OC)C(C)C)nc2n1[C@H]1CCc2cc(-c3ccccc3-c3nn[nH]n3)ccc21. The van der Waals surface area contributed by atoms with E-state index in [-0.39, 0.29) is 12.1 Å². The van der Waals surface area contributed by atoms with E-state index in [1.165, 1.54) is 11.1 Å². The number of ether oxygens (including phenoxy) is 1. The Kier molecular flexibility index (Phi) is 6.27. The third-order valence-electron chi connectivity index (χ3n) is 7.72. The van der Waals surface area contributed by atoms with Crippen molar-refractivity contribution in [3.05, 3.63) is 76.7 Å². The molecule has 0 fully saturated rings. The lowest BCUT2D eigenvalue weighted by Gasteiger charge is -2.21. The Morgan fingerprint density at radius 2 is 1.89 bits per heavy atom. The molecule has 0 saturated carbocycles. The number of hydrogen-bond acceptors (Lipinski definition) is 6. The fourth-order valence-corrected chi connectivity index (χ4v) is 5.98. The van der Waals surface area contributed by atoms with E-state index < -0.39 is 0 Å². The predicted octanol–water partition coefficient (Wildman–Crippen LogP) is 6.03. The highest BCUT2D eigenvalue weighted by atomic mass is 16.5. The van der Waals surface area contributed by atoms with Gasteiger partial charge in [-0.15, -0.1) is 10.2 Å². The highest BCUT2D eigenvalue weighted by Gasteiger charge is 2.30. The van der Waals surface area contributed by atoms with Gasteiger partial charge in [-0.2, -0.15) is 5.21 Å². The van der Waals surface area contributed by atoms with Crippen molar-refractivity contribution in [2.75, 3.05) is 7.11 Å². The first-order chi connectivity index (χ1) is 18.5. The van der Waals surface area contributed by atoms with Gasteiger partial charge >= 0.3 is 0 Å². The molecule has 0 aliphatic heterocycles. The molecule has 38 heavy (non-hydrogen) atoms. The lowest BCUT2D eigenvalue weighted by molar-refractivity contribution is 0.0613. The summed E-state index contributed by atoms with van der Waals surface area (Å²) in [5.74, 6) is 2.01. The standard InChI is InChI=1S/C30H33N7O/c1-6-26-32-27-18(4)15-24(28(38-5)17(2)3)31-30(27)37(26)25-14-12-20-16-19(11-13-22(20)25)21-9-7-8-10-23(21)29-33-35-36-34-29/h7-11,13,15-17,25,28H,6,12,14H2,1-5H3,(H,33,34,35,36)/t25-,28-/m0/s1. The molecule has 2 atom stereocenters. The monoisotopic (exact) mass is 507 g/mol. The fraction of sp³-hybridized carbons (Fsp3) is 0.367. The van der Waals surface area contributed by atoms with Crippen molar-refractivity contribution >= 4 is 11.2 Å². The summed E-state index contributed by atoms with van der Waals surface area (Å²) in [6, 6.07) is 17.4. The molecule has 0 bridgehead atoms. The molecule has 3 aromatic heterocycles. The van der Waals surface area contributed by atoms with Crippen molar-refractivity contribution in [2.45, 2.75) is 59.1 Å². The maximum atomic E-state index is 5.84. The fourth-order valence-electron chi connectivity index (χ4n) is 5.98. The summed E-state index contributed by atoms with van der Waals surface area (Å²) in [6.07, 6.45) is 2.83. The number of aromatic amines is 1. The molecule has 8 heteroatoms.